The Morgan fingerprint density at radius 1 is 0.974 bits per heavy atom. The van der Waals surface area contributed by atoms with Gasteiger partial charge in [0.1, 0.15) is 11.6 Å². The molecule has 2 aromatic carbocycles. The molecular weight excluding hydrogens is 518 g/mol. The number of nitrogens with zero attached hydrogens (tertiary/aromatic N) is 1. The highest BCUT2D eigenvalue weighted by Gasteiger charge is 2.28. The molecule has 0 fully saturated rings. The van der Waals surface area contributed by atoms with Crippen LogP contribution in [0.4, 0.5) is 5.00 Å². The second-order valence-electron chi connectivity index (χ2n) is 9.14. The maximum Gasteiger partial charge on any atom is 0.341 e. The average molecular weight is 550 g/mol. The fourth-order valence-corrected chi connectivity index (χ4v) is 5.51. The van der Waals surface area contributed by atoms with E-state index in [0.29, 0.717) is 39.9 Å². The Morgan fingerprint density at radius 2 is 1.72 bits per heavy atom. The van der Waals surface area contributed by atoms with E-state index in [-0.39, 0.29) is 0 Å². The van der Waals surface area contributed by atoms with Crippen LogP contribution in [-0.2, 0) is 33.8 Å². The van der Waals surface area contributed by atoms with E-state index in [1.807, 2.05) is 31.2 Å². The van der Waals surface area contributed by atoms with Gasteiger partial charge in [0, 0.05) is 10.4 Å². The number of thiophene rings is 1. The van der Waals surface area contributed by atoms with E-state index in [9.17, 15) is 14.4 Å². The second-order valence-corrected chi connectivity index (χ2v) is 10.2. The lowest BCUT2D eigenvalue weighted by Gasteiger charge is -2.12. The summed E-state index contributed by atoms with van der Waals surface area (Å²) < 4.78 is 16.3. The minimum absolute atomic E-state index is 0.320. The topological polar surface area (TPSA) is 115 Å². The molecule has 0 atom stereocenters. The van der Waals surface area contributed by atoms with Gasteiger partial charge in [-0.1, -0.05) is 29.8 Å². The molecule has 0 saturated heterocycles. The van der Waals surface area contributed by atoms with Crippen LogP contribution in [0, 0.1) is 6.92 Å². The third-order valence-electron chi connectivity index (χ3n) is 6.42. The SMILES string of the molecule is COC(=O)c1c(NC(=O)C(=O)NN=C(C)c2ccc(OCc3ccc(C)cc3)c(OC)c2)sc2c1CCCC2. The Bertz CT molecular complexity index is 1410. The monoisotopic (exact) mass is 549 g/mol. The Kier molecular flexibility index (Phi) is 8.98. The highest BCUT2D eigenvalue weighted by Crippen LogP contribution is 2.38. The lowest BCUT2D eigenvalue weighted by molar-refractivity contribution is -0.136. The van der Waals surface area contributed by atoms with E-state index in [2.05, 4.69) is 15.8 Å². The summed E-state index contributed by atoms with van der Waals surface area (Å²) in [6, 6.07) is 13.4. The molecule has 4 rings (SSSR count). The van der Waals surface area contributed by atoms with Gasteiger partial charge in [-0.3, -0.25) is 9.59 Å². The lowest BCUT2D eigenvalue weighted by Crippen LogP contribution is -2.33. The fourth-order valence-electron chi connectivity index (χ4n) is 4.24. The summed E-state index contributed by atoms with van der Waals surface area (Å²) in [5.41, 5.74) is 6.85. The number of rotatable bonds is 8. The van der Waals surface area contributed by atoms with Gasteiger partial charge < -0.3 is 19.5 Å². The minimum atomic E-state index is -0.957. The van der Waals surface area contributed by atoms with Crippen molar-refractivity contribution in [3.8, 4) is 11.5 Å². The predicted molar refractivity (Wildman–Crippen MR) is 150 cm³/mol. The number of carbonyl (C=O) groups is 3. The standard InChI is InChI=1S/C29H31N3O6S/c1-17-9-11-19(12-10-17)16-38-22-14-13-20(15-23(22)36-3)18(2)31-32-27(34)26(33)30-28-25(29(35)37-4)21-7-5-6-8-24(21)39-28/h9-15H,5-8,16H2,1-4H3,(H,30,33)(H,32,34). The first kappa shape index (κ1) is 27.8. The molecule has 3 aromatic rings. The van der Waals surface area contributed by atoms with Gasteiger partial charge in [-0.05, 0) is 68.9 Å². The summed E-state index contributed by atoms with van der Waals surface area (Å²) in [5.74, 6) is -1.33. The van der Waals surface area contributed by atoms with E-state index in [4.69, 9.17) is 14.2 Å². The summed E-state index contributed by atoms with van der Waals surface area (Å²) in [4.78, 5) is 38.5. The number of hydrogen-bond donors (Lipinski definition) is 2. The van der Waals surface area contributed by atoms with E-state index < -0.39 is 17.8 Å². The number of ether oxygens (including phenoxy) is 3. The highest BCUT2D eigenvalue weighted by molar-refractivity contribution is 7.17. The Hall–Kier alpha value is -4.18. The van der Waals surface area contributed by atoms with Gasteiger partial charge in [0.05, 0.1) is 25.5 Å². The maximum atomic E-state index is 12.6. The Morgan fingerprint density at radius 3 is 2.44 bits per heavy atom. The molecule has 39 heavy (non-hydrogen) atoms. The highest BCUT2D eigenvalue weighted by atomic mass is 32.1. The summed E-state index contributed by atoms with van der Waals surface area (Å²) in [6.45, 7) is 4.11. The van der Waals surface area contributed by atoms with Crippen molar-refractivity contribution in [3.05, 3.63) is 75.2 Å². The first-order valence-electron chi connectivity index (χ1n) is 12.6. The predicted octanol–water partition coefficient (Wildman–Crippen LogP) is 4.79. The van der Waals surface area contributed by atoms with Crippen LogP contribution in [0.1, 0.15) is 57.3 Å². The molecule has 0 radical (unpaired) electrons. The molecule has 10 heteroatoms. The van der Waals surface area contributed by atoms with Crippen molar-refractivity contribution in [2.24, 2.45) is 5.10 Å². The van der Waals surface area contributed by atoms with E-state index in [0.717, 1.165) is 41.7 Å². The van der Waals surface area contributed by atoms with Crippen LogP contribution in [0.2, 0.25) is 0 Å². The van der Waals surface area contributed by atoms with Crippen molar-refractivity contribution in [1.82, 2.24) is 5.43 Å². The number of amides is 2. The number of carbonyl (C=O) groups excluding carboxylic acids is 3. The van der Waals surface area contributed by atoms with Gasteiger partial charge in [-0.25, -0.2) is 10.2 Å². The minimum Gasteiger partial charge on any atom is -0.493 e. The Labute approximate surface area is 231 Å². The van der Waals surface area contributed by atoms with Crippen molar-refractivity contribution < 1.29 is 28.6 Å². The van der Waals surface area contributed by atoms with Crippen LogP contribution < -0.4 is 20.2 Å². The van der Waals surface area contributed by atoms with E-state index in [1.165, 1.54) is 24.0 Å². The van der Waals surface area contributed by atoms with Gasteiger partial charge in [0.2, 0.25) is 0 Å². The fraction of sp³-hybridized carbons (Fsp3) is 0.310. The van der Waals surface area contributed by atoms with Gasteiger partial charge in [0.15, 0.2) is 11.5 Å². The number of nitrogens with one attached hydrogen (secondary N) is 2. The van der Waals surface area contributed by atoms with E-state index in [1.54, 1.807) is 32.2 Å². The molecule has 0 spiro atoms. The zero-order valence-corrected chi connectivity index (χ0v) is 23.2. The zero-order chi connectivity index (χ0) is 27.9. The number of methoxy groups -OCH3 is 2. The molecule has 2 amide bonds. The summed E-state index contributed by atoms with van der Waals surface area (Å²) in [5, 5.41) is 6.96. The Balaban J connectivity index is 1.41. The first-order chi connectivity index (χ1) is 18.8. The van der Waals surface area contributed by atoms with Crippen molar-refractivity contribution in [2.45, 2.75) is 46.1 Å². The molecule has 1 aromatic heterocycles. The third kappa shape index (κ3) is 6.64. The molecule has 0 bridgehead atoms. The normalized spacial score (nSPS) is 12.8. The third-order valence-corrected chi connectivity index (χ3v) is 7.62. The number of hydrogen-bond acceptors (Lipinski definition) is 8. The van der Waals surface area contributed by atoms with Crippen molar-refractivity contribution >= 4 is 39.8 Å². The quantitative estimate of drug-likeness (QED) is 0.181. The van der Waals surface area contributed by atoms with Gasteiger partial charge in [0.25, 0.3) is 0 Å². The average Bonchev–Trinajstić information content (AvgIpc) is 3.32. The smallest absolute Gasteiger partial charge is 0.341 e. The number of benzene rings is 2. The number of hydrazone groups is 1. The molecule has 1 aliphatic rings. The number of fused-ring (bicyclic) bond motifs is 1. The van der Waals surface area contributed by atoms with Crippen molar-refractivity contribution in [1.29, 1.82) is 0 Å². The van der Waals surface area contributed by atoms with Crippen LogP contribution in [0.3, 0.4) is 0 Å². The van der Waals surface area contributed by atoms with Gasteiger partial charge >= 0.3 is 17.8 Å². The summed E-state index contributed by atoms with van der Waals surface area (Å²) in [6.07, 6.45) is 3.54. The van der Waals surface area contributed by atoms with Crippen LogP contribution >= 0.6 is 11.3 Å². The molecule has 0 saturated carbocycles. The molecule has 1 heterocycles. The molecule has 1 aliphatic carbocycles. The molecule has 0 aliphatic heterocycles. The summed E-state index contributed by atoms with van der Waals surface area (Å²) >= 11 is 1.31. The molecule has 2 N–H and O–H groups in total. The first-order valence-corrected chi connectivity index (χ1v) is 13.4. The van der Waals surface area contributed by atoms with Crippen molar-refractivity contribution in [3.63, 3.8) is 0 Å². The van der Waals surface area contributed by atoms with Gasteiger partial charge in [-0.2, -0.15) is 5.10 Å². The number of aryl methyl sites for hydroxylation is 2. The number of esters is 1. The van der Waals surface area contributed by atoms with Crippen LogP contribution in [0.25, 0.3) is 0 Å². The van der Waals surface area contributed by atoms with E-state index >= 15 is 0 Å². The zero-order valence-electron chi connectivity index (χ0n) is 22.4. The lowest BCUT2D eigenvalue weighted by atomic mass is 9.95. The molecule has 204 valence electrons. The van der Waals surface area contributed by atoms with Crippen LogP contribution in [0.5, 0.6) is 11.5 Å². The maximum absolute atomic E-state index is 12.6. The molecular formula is C29H31N3O6S. The second kappa shape index (κ2) is 12.6. The molecule has 9 nitrogen and oxygen atoms in total. The van der Waals surface area contributed by atoms with Crippen molar-refractivity contribution in [2.75, 3.05) is 19.5 Å². The molecule has 0 unspecified atom stereocenters. The summed E-state index contributed by atoms with van der Waals surface area (Å²) in [7, 11) is 2.84. The largest absolute Gasteiger partial charge is 0.493 e. The van der Waals surface area contributed by atoms with Crippen LogP contribution in [-0.4, -0.2) is 37.7 Å². The van der Waals surface area contributed by atoms with Crippen LogP contribution in [0.15, 0.2) is 47.6 Å². The number of anilines is 1. The van der Waals surface area contributed by atoms with Gasteiger partial charge in [-0.15, -0.1) is 11.3 Å².